The standard InChI is InChI=1S/C8H16NO3P/c1-5-10-13(11-6-2)12-8(3,4)7-9/h5-6H2,1-4H3. The van der Waals surface area contributed by atoms with Crippen molar-refractivity contribution in [2.45, 2.75) is 33.3 Å². The average Bonchev–Trinajstić information content (AvgIpc) is 2.05. The Labute approximate surface area is 80.8 Å². The van der Waals surface area contributed by atoms with E-state index in [4.69, 9.17) is 18.8 Å². The third kappa shape index (κ3) is 5.95. The molecule has 0 atom stereocenters. The van der Waals surface area contributed by atoms with Crippen LogP contribution in [0.15, 0.2) is 0 Å². The van der Waals surface area contributed by atoms with Gasteiger partial charge >= 0.3 is 8.60 Å². The molecule has 0 aliphatic rings. The molecule has 0 unspecified atom stereocenters. The van der Waals surface area contributed by atoms with Gasteiger partial charge in [0.05, 0.1) is 19.3 Å². The van der Waals surface area contributed by atoms with Crippen molar-refractivity contribution in [2.75, 3.05) is 13.2 Å². The SMILES string of the molecule is CCOP(OCC)OC(C)(C)C#N. The van der Waals surface area contributed by atoms with Crippen LogP contribution in [0.5, 0.6) is 0 Å². The van der Waals surface area contributed by atoms with Crippen molar-refractivity contribution in [3.8, 4) is 6.07 Å². The summed E-state index contributed by atoms with van der Waals surface area (Å²) in [5.74, 6) is 0. The molecular formula is C8H16NO3P. The van der Waals surface area contributed by atoms with Crippen LogP contribution in [0.1, 0.15) is 27.7 Å². The summed E-state index contributed by atoms with van der Waals surface area (Å²) in [6.45, 7) is 8.12. The van der Waals surface area contributed by atoms with Gasteiger partial charge in [0.25, 0.3) is 0 Å². The van der Waals surface area contributed by atoms with Crippen molar-refractivity contribution >= 4 is 8.60 Å². The molecule has 0 aromatic carbocycles. The predicted octanol–water partition coefficient (Wildman–Crippen LogP) is 2.61. The lowest BCUT2D eigenvalue weighted by atomic mass is 10.2. The summed E-state index contributed by atoms with van der Waals surface area (Å²) in [5, 5.41) is 8.70. The van der Waals surface area contributed by atoms with Gasteiger partial charge in [-0.05, 0) is 27.7 Å². The van der Waals surface area contributed by atoms with Crippen molar-refractivity contribution < 1.29 is 13.6 Å². The summed E-state index contributed by atoms with van der Waals surface area (Å²) >= 11 is 0. The van der Waals surface area contributed by atoms with E-state index in [2.05, 4.69) is 0 Å². The van der Waals surface area contributed by atoms with Crippen molar-refractivity contribution in [1.29, 1.82) is 5.26 Å². The van der Waals surface area contributed by atoms with Crippen molar-refractivity contribution in [1.82, 2.24) is 0 Å². The summed E-state index contributed by atoms with van der Waals surface area (Å²) in [6.07, 6.45) is 0. The van der Waals surface area contributed by atoms with Crippen LogP contribution in [0.25, 0.3) is 0 Å². The molecule has 0 aliphatic heterocycles. The number of nitrogens with zero attached hydrogens (tertiary/aromatic N) is 1. The minimum Gasteiger partial charge on any atom is -0.313 e. The Morgan fingerprint density at radius 1 is 1.23 bits per heavy atom. The van der Waals surface area contributed by atoms with Gasteiger partial charge in [0.2, 0.25) is 0 Å². The Kier molecular flexibility index (Phi) is 6.19. The first-order valence-electron chi connectivity index (χ1n) is 4.22. The van der Waals surface area contributed by atoms with Crippen LogP contribution in [0, 0.1) is 11.3 Å². The largest absolute Gasteiger partial charge is 0.334 e. The van der Waals surface area contributed by atoms with E-state index in [1.54, 1.807) is 13.8 Å². The lowest BCUT2D eigenvalue weighted by Gasteiger charge is -2.22. The lowest BCUT2D eigenvalue weighted by molar-refractivity contribution is 0.103. The molecule has 0 aliphatic carbocycles. The van der Waals surface area contributed by atoms with Crippen LogP contribution < -0.4 is 0 Å². The molecule has 0 bridgehead atoms. The molecule has 0 heterocycles. The smallest absolute Gasteiger partial charge is 0.313 e. The molecule has 0 saturated carbocycles. The zero-order valence-corrected chi connectivity index (χ0v) is 9.43. The fraction of sp³-hybridized carbons (Fsp3) is 0.875. The molecule has 0 aromatic rings. The fourth-order valence-corrected chi connectivity index (χ4v) is 1.52. The topological polar surface area (TPSA) is 51.5 Å². The van der Waals surface area contributed by atoms with Gasteiger partial charge in [-0.15, -0.1) is 0 Å². The van der Waals surface area contributed by atoms with E-state index in [0.717, 1.165) is 0 Å². The van der Waals surface area contributed by atoms with E-state index in [-0.39, 0.29) is 0 Å². The van der Waals surface area contributed by atoms with Crippen molar-refractivity contribution in [3.63, 3.8) is 0 Å². The first-order valence-corrected chi connectivity index (χ1v) is 5.31. The van der Waals surface area contributed by atoms with Crippen LogP contribution in [-0.2, 0) is 13.6 Å². The number of hydrogen-bond acceptors (Lipinski definition) is 4. The Morgan fingerprint density at radius 3 is 2.00 bits per heavy atom. The molecular weight excluding hydrogens is 189 g/mol. The van der Waals surface area contributed by atoms with E-state index in [9.17, 15) is 0 Å². The van der Waals surface area contributed by atoms with E-state index in [0.29, 0.717) is 13.2 Å². The molecule has 0 aromatic heterocycles. The normalized spacial score (nSPS) is 11.7. The molecule has 76 valence electrons. The number of rotatable bonds is 6. The summed E-state index contributed by atoms with van der Waals surface area (Å²) < 4.78 is 15.7. The summed E-state index contributed by atoms with van der Waals surface area (Å²) in [7, 11) is -1.38. The molecule has 5 heteroatoms. The molecule has 13 heavy (non-hydrogen) atoms. The first-order chi connectivity index (χ1) is 6.05. The number of hydrogen-bond donors (Lipinski definition) is 0. The van der Waals surface area contributed by atoms with Gasteiger partial charge in [0.1, 0.15) is 0 Å². The summed E-state index contributed by atoms with van der Waals surface area (Å²) in [4.78, 5) is 0. The highest BCUT2D eigenvalue weighted by Gasteiger charge is 2.25. The monoisotopic (exact) mass is 205 g/mol. The Morgan fingerprint density at radius 2 is 1.69 bits per heavy atom. The molecule has 4 nitrogen and oxygen atoms in total. The third-order valence-corrected chi connectivity index (χ3v) is 2.58. The van der Waals surface area contributed by atoms with E-state index < -0.39 is 14.2 Å². The maximum Gasteiger partial charge on any atom is 0.334 e. The van der Waals surface area contributed by atoms with E-state index in [1.807, 2.05) is 19.9 Å². The zero-order chi connectivity index (χ0) is 10.3. The second-order valence-electron chi connectivity index (χ2n) is 2.77. The molecule has 0 spiro atoms. The van der Waals surface area contributed by atoms with Crippen LogP contribution in [-0.4, -0.2) is 18.8 Å². The van der Waals surface area contributed by atoms with Gasteiger partial charge in [0.15, 0.2) is 5.60 Å². The quantitative estimate of drug-likeness (QED) is 0.625. The summed E-state index contributed by atoms with van der Waals surface area (Å²) in [6, 6.07) is 2.02. The highest BCUT2D eigenvalue weighted by molar-refractivity contribution is 7.41. The van der Waals surface area contributed by atoms with Gasteiger partial charge in [-0.3, -0.25) is 4.52 Å². The Balaban J connectivity index is 4.02. The third-order valence-electron chi connectivity index (χ3n) is 1.04. The van der Waals surface area contributed by atoms with Gasteiger partial charge in [-0.25, -0.2) is 0 Å². The molecule has 0 N–H and O–H groups in total. The lowest BCUT2D eigenvalue weighted by Crippen LogP contribution is -2.19. The second-order valence-corrected chi connectivity index (χ2v) is 3.92. The van der Waals surface area contributed by atoms with E-state index in [1.165, 1.54) is 0 Å². The van der Waals surface area contributed by atoms with Crippen LogP contribution in [0.4, 0.5) is 0 Å². The Bertz CT molecular complexity index is 173. The molecule has 0 fully saturated rings. The first kappa shape index (κ1) is 12.8. The molecule has 0 rings (SSSR count). The molecule has 0 radical (unpaired) electrons. The van der Waals surface area contributed by atoms with Crippen molar-refractivity contribution in [3.05, 3.63) is 0 Å². The van der Waals surface area contributed by atoms with Crippen LogP contribution in [0.2, 0.25) is 0 Å². The van der Waals surface area contributed by atoms with Gasteiger partial charge in [0, 0.05) is 0 Å². The maximum absolute atomic E-state index is 8.70. The molecule has 0 amide bonds. The van der Waals surface area contributed by atoms with E-state index >= 15 is 0 Å². The van der Waals surface area contributed by atoms with Crippen LogP contribution >= 0.6 is 8.60 Å². The highest BCUT2D eigenvalue weighted by atomic mass is 31.2. The average molecular weight is 205 g/mol. The second kappa shape index (κ2) is 6.28. The fourth-order valence-electron chi connectivity index (χ4n) is 0.508. The predicted molar refractivity (Wildman–Crippen MR) is 50.9 cm³/mol. The minimum absolute atomic E-state index is 0.521. The van der Waals surface area contributed by atoms with Gasteiger partial charge < -0.3 is 9.05 Å². The number of nitriles is 1. The minimum atomic E-state index is -1.38. The van der Waals surface area contributed by atoms with Gasteiger partial charge in [-0.1, -0.05) is 0 Å². The van der Waals surface area contributed by atoms with Crippen LogP contribution in [0.3, 0.4) is 0 Å². The Hall–Kier alpha value is -0.200. The van der Waals surface area contributed by atoms with Crippen molar-refractivity contribution in [2.24, 2.45) is 0 Å². The van der Waals surface area contributed by atoms with Gasteiger partial charge in [-0.2, -0.15) is 5.26 Å². The molecule has 0 saturated heterocycles. The highest BCUT2D eigenvalue weighted by Crippen LogP contribution is 2.43. The summed E-state index contributed by atoms with van der Waals surface area (Å²) in [5.41, 5.74) is -0.851. The maximum atomic E-state index is 8.70. The zero-order valence-electron chi connectivity index (χ0n) is 8.53.